The molecule has 1 nitrogen and oxygen atoms in total. The molecule has 0 atom stereocenters. The van der Waals surface area contributed by atoms with E-state index in [2.05, 4.69) is 50.3 Å². The maximum Gasteiger partial charge on any atom is 0.0587 e. The van der Waals surface area contributed by atoms with Crippen LogP contribution in [0.25, 0.3) is 6.08 Å². The van der Waals surface area contributed by atoms with Gasteiger partial charge in [0.2, 0.25) is 0 Å². The van der Waals surface area contributed by atoms with Gasteiger partial charge in [0.15, 0.2) is 0 Å². The van der Waals surface area contributed by atoms with E-state index in [0.717, 1.165) is 6.42 Å². The Balaban J connectivity index is 0.000000337. The maximum absolute atomic E-state index is 7.32. The van der Waals surface area contributed by atoms with Crippen LogP contribution in [0.4, 0.5) is 0 Å². The Morgan fingerprint density at radius 1 is 1.27 bits per heavy atom. The first-order chi connectivity index (χ1) is 7.11. The molecule has 1 heteroatoms. The lowest BCUT2D eigenvalue weighted by Crippen LogP contribution is -2.19. The minimum absolute atomic E-state index is 0.325. The number of rotatable bonds is 0. The van der Waals surface area contributed by atoms with Crippen molar-refractivity contribution < 1.29 is 0 Å². The molecule has 2 rings (SSSR count). The van der Waals surface area contributed by atoms with Crippen LogP contribution in [-0.2, 0) is 5.41 Å². The van der Waals surface area contributed by atoms with Crippen LogP contribution in [-0.4, -0.2) is 0 Å². The average molecular weight is 199 g/mol. The van der Waals surface area contributed by atoms with Gasteiger partial charge in [-0.3, -0.25) is 0 Å². The molecule has 1 aliphatic carbocycles. The van der Waals surface area contributed by atoms with E-state index in [1.807, 2.05) is 0 Å². The minimum atomic E-state index is 0.325. The van der Waals surface area contributed by atoms with Crippen molar-refractivity contribution in [2.75, 3.05) is 0 Å². The molecule has 0 unspecified atom stereocenters. The number of allylic oxidation sites excluding steroid dienone is 1. The molecular formula is C14H17N. The van der Waals surface area contributed by atoms with Gasteiger partial charge in [0.1, 0.15) is 0 Å². The van der Waals surface area contributed by atoms with Crippen molar-refractivity contribution in [1.82, 2.24) is 0 Å². The summed E-state index contributed by atoms with van der Waals surface area (Å²) < 4.78 is 0. The zero-order valence-corrected chi connectivity index (χ0v) is 9.62. The van der Waals surface area contributed by atoms with Crippen molar-refractivity contribution in [3.05, 3.63) is 41.5 Å². The van der Waals surface area contributed by atoms with Crippen LogP contribution in [0.5, 0.6) is 0 Å². The third-order valence-corrected chi connectivity index (χ3v) is 2.62. The molecule has 78 valence electrons. The summed E-state index contributed by atoms with van der Waals surface area (Å²) in [6.45, 7) is 6.03. The predicted octanol–water partition coefficient (Wildman–Crippen LogP) is 3.91. The summed E-state index contributed by atoms with van der Waals surface area (Å²) in [5.41, 5.74) is 3.19. The molecule has 0 N–H and O–H groups in total. The fourth-order valence-electron chi connectivity index (χ4n) is 1.85. The first-order valence-corrected chi connectivity index (χ1v) is 5.18. The Bertz CT molecular complexity index is 394. The lowest BCUT2D eigenvalue weighted by Gasteiger charge is -2.28. The molecule has 0 spiro atoms. The Labute approximate surface area is 92.1 Å². The Morgan fingerprint density at radius 2 is 1.87 bits per heavy atom. The smallest absolute Gasteiger partial charge is 0.0587 e. The zero-order chi connectivity index (χ0) is 11.3. The third-order valence-electron chi connectivity index (χ3n) is 2.62. The summed E-state index contributed by atoms with van der Waals surface area (Å²) in [5.74, 6) is 0. The van der Waals surface area contributed by atoms with Crippen molar-refractivity contribution in [2.45, 2.75) is 32.6 Å². The van der Waals surface area contributed by atoms with E-state index in [-0.39, 0.29) is 0 Å². The van der Waals surface area contributed by atoms with Crippen molar-refractivity contribution in [3.63, 3.8) is 0 Å². The molecule has 1 aromatic carbocycles. The maximum atomic E-state index is 7.32. The molecule has 0 bridgehead atoms. The normalized spacial score (nSPS) is 15.6. The summed E-state index contributed by atoms with van der Waals surface area (Å²) >= 11 is 0. The topological polar surface area (TPSA) is 23.8 Å². The molecule has 0 aliphatic heterocycles. The van der Waals surface area contributed by atoms with Crippen LogP contribution in [0.1, 0.15) is 38.3 Å². The molecule has 0 heterocycles. The van der Waals surface area contributed by atoms with E-state index >= 15 is 0 Å². The molecule has 0 saturated carbocycles. The second kappa shape index (κ2) is 4.79. The molecule has 1 aromatic rings. The second-order valence-corrected chi connectivity index (χ2v) is 4.30. The van der Waals surface area contributed by atoms with E-state index in [9.17, 15) is 0 Å². The molecule has 0 fully saturated rings. The molecule has 1 aliphatic rings. The van der Waals surface area contributed by atoms with E-state index in [1.165, 1.54) is 18.1 Å². The highest BCUT2D eigenvalue weighted by atomic mass is 14.3. The van der Waals surface area contributed by atoms with Gasteiger partial charge in [-0.2, -0.15) is 5.26 Å². The van der Waals surface area contributed by atoms with Gasteiger partial charge in [-0.05, 0) is 23.0 Å². The van der Waals surface area contributed by atoms with Gasteiger partial charge in [-0.25, -0.2) is 0 Å². The second-order valence-electron chi connectivity index (χ2n) is 4.30. The minimum Gasteiger partial charge on any atom is -0.199 e. The van der Waals surface area contributed by atoms with Crippen molar-refractivity contribution >= 4 is 6.08 Å². The number of hydrogen-bond acceptors (Lipinski definition) is 1. The Hall–Kier alpha value is -1.55. The molecule has 0 aromatic heterocycles. The number of hydrogen-bond donors (Lipinski definition) is 0. The molecule has 0 radical (unpaired) electrons. The van der Waals surface area contributed by atoms with Crippen LogP contribution >= 0.6 is 0 Å². The fourth-order valence-corrected chi connectivity index (χ4v) is 1.85. The van der Waals surface area contributed by atoms with Crippen LogP contribution in [0.15, 0.2) is 30.3 Å². The van der Waals surface area contributed by atoms with Crippen molar-refractivity contribution in [2.24, 2.45) is 0 Å². The zero-order valence-electron chi connectivity index (χ0n) is 9.62. The fraction of sp³-hybridized carbons (Fsp3) is 0.357. The van der Waals surface area contributed by atoms with Crippen LogP contribution in [0.3, 0.4) is 0 Å². The number of nitrogens with zero attached hydrogens (tertiary/aromatic N) is 1. The van der Waals surface area contributed by atoms with Crippen LogP contribution in [0, 0.1) is 11.3 Å². The average Bonchev–Trinajstić information content (AvgIpc) is 2.19. The van der Waals surface area contributed by atoms with Gasteiger partial charge in [0.25, 0.3) is 0 Å². The van der Waals surface area contributed by atoms with Gasteiger partial charge in [-0.1, -0.05) is 50.3 Å². The highest BCUT2D eigenvalue weighted by Gasteiger charge is 2.23. The lowest BCUT2D eigenvalue weighted by molar-refractivity contribution is 0.529. The summed E-state index contributed by atoms with van der Waals surface area (Å²) in [6, 6.07) is 10.4. The standard InChI is InChI=1S/C12H14.C2H3N/c1-12(2)9-5-7-10-6-3-4-8-11(10)12;1-2-3/h3-8H,9H2,1-2H3;1H3. The van der Waals surface area contributed by atoms with Crippen LogP contribution in [0.2, 0.25) is 0 Å². The molecule has 0 saturated heterocycles. The number of nitriles is 1. The van der Waals surface area contributed by atoms with Crippen LogP contribution < -0.4 is 0 Å². The van der Waals surface area contributed by atoms with Gasteiger partial charge < -0.3 is 0 Å². The SMILES string of the molecule is CC#N.CC1(C)CC=Cc2ccccc21. The summed E-state index contributed by atoms with van der Waals surface area (Å²) in [5, 5.41) is 7.32. The summed E-state index contributed by atoms with van der Waals surface area (Å²) in [6.07, 6.45) is 5.65. The number of benzene rings is 1. The Kier molecular flexibility index (Phi) is 3.68. The Morgan fingerprint density at radius 3 is 2.47 bits per heavy atom. The molecule has 15 heavy (non-hydrogen) atoms. The monoisotopic (exact) mass is 199 g/mol. The molecular weight excluding hydrogens is 182 g/mol. The highest BCUT2D eigenvalue weighted by Crippen LogP contribution is 2.34. The largest absolute Gasteiger partial charge is 0.199 e. The van der Waals surface area contributed by atoms with Crippen molar-refractivity contribution in [3.8, 4) is 6.07 Å². The molecule has 0 amide bonds. The lowest BCUT2D eigenvalue weighted by atomic mass is 9.76. The van der Waals surface area contributed by atoms with Gasteiger partial charge in [-0.15, -0.1) is 0 Å². The third kappa shape index (κ3) is 2.70. The summed E-state index contributed by atoms with van der Waals surface area (Å²) in [4.78, 5) is 0. The van der Waals surface area contributed by atoms with E-state index in [4.69, 9.17) is 5.26 Å². The van der Waals surface area contributed by atoms with E-state index in [1.54, 1.807) is 6.07 Å². The number of fused-ring (bicyclic) bond motifs is 1. The quantitative estimate of drug-likeness (QED) is 0.621. The first kappa shape index (κ1) is 11.5. The van der Waals surface area contributed by atoms with E-state index < -0.39 is 0 Å². The summed E-state index contributed by atoms with van der Waals surface area (Å²) in [7, 11) is 0. The van der Waals surface area contributed by atoms with Crippen molar-refractivity contribution in [1.29, 1.82) is 5.26 Å². The highest BCUT2D eigenvalue weighted by molar-refractivity contribution is 5.58. The van der Waals surface area contributed by atoms with Gasteiger partial charge in [0.05, 0.1) is 6.07 Å². The van der Waals surface area contributed by atoms with Gasteiger partial charge >= 0.3 is 0 Å². The predicted molar refractivity (Wildman–Crippen MR) is 64.4 cm³/mol. The first-order valence-electron chi connectivity index (χ1n) is 5.18. The van der Waals surface area contributed by atoms with Gasteiger partial charge in [0, 0.05) is 6.92 Å². The van der Waals surface area contributed by atoms with E-state index in [0.29, 0.717) is 5.41 Å².